The molecule has 1 rings (SSSR count). The van der Waals surface area contributed by atoms with Crippen LogP contribution >= 0.6 is 0 Å². The molecular formula is C13H22O. The first-order valence-corrected chi connectivity index (χ1v) is 5.71. The zero-order valence-electron chi connectivity index (χ0n) is 9.79. The second-order valence-corrected chi connectivity index (χ2v) is 5.13. The van der Waals surface area contributed by atoms with E-state index in [-0.39, 0.29) is 0 Å². The summed E-state index contributed by atoms with van der Waals surface area (Å²) in [5.74, 6) is 2.93. The van der Waals surface area contributed by atoms with E-state index in [1.54, 1.807) is 6.08 Å². The summed E-state index contributed by atoms with van der Waals surface area (Å²) in [4.78, 5) is 11.3. The van der Waals surface area contributed by atoms with Gasteiger partial charge in [0.15, 0.2) is 5.78 Å². The van der Waals surface area contributed by atoms with Gasteiger partial charge in [-0.15, -0.1) is 0 Å². The third-order valence-electron chi connectivity index (χ3n) is 3.29. The van der Waals surface area contributed by atoms with Crippen LogP contribution in [-0.2, 0) is 4.79 Å². The predicted molar refractivity (Wildman–Crippen MR) is 60.0 cm³/mol. The third kappa shape index (κ3) is 2.70. The van der Waals surface area contributed by atoms with E-state index < -0.39 is 0 Å². The monoisotopic (exact) mass is 194 g/mol. The molecule has 0 aromatic carbocycles. The van der Waals surface area contributed by atoms with Crippen molar-refractivity contribution in [3.8, 4) is 0 Å². The second-order valence-electron chi connectivity index (χ2n) is 5.13. The molecule has 1 heteroatoms. The molecule has 1 aliphatic rings. The largest absolute Gasteiger partial charge is 0.295 e. The first kappa shape index (κ1) is 11.5. The normalized spacial score (nSPS) is 22.8. The molecule has 0 bridgehead atoms. The summed E-state index contributed by atoms with van der Waals surface area (Å²) in [7, 11) is 0. The van der Waals surface area contributed by atoms with Crippen molar-refractivity contribution in [1.29, 1.82) is 0 Å². The molecule has 1 unspecified atom stereocenters. The van der Waals surface area contributed by atoms with Gasteiger partial charge in [0, 0.05) is 6.42 Å². The highest BCUT2D eigenvalue weighted by atomic mass is 16.1. The van der Waals surface area contributed by atoms with Crippen molar-refractivity contribution in [3.63, 3.8) is 0 Å². The average molecular weight is 194 g/mol. The van der Waals surface area contributed by atoms with Gasteiger partial charge in [0.25, 0.3) is 0 Å². The standard InChI is InChI=1S/C13H22O/c1-9(2)13(10(3)4)11-6-5-7-12(14)8-11/h5,7,9-11,13H,6,8H2,1-4H3. The fraction of sp³-hybridized carbons (Fsp3) is 0.769. The van der Waals surface area contributed by atoms with E-state index in [1.807, 2.05) is 6.08 Å². The van der Waals surface area contributed by atoms with Gasteiger partial charge in [-0.1, -0.05) is 33.8 Å². The lowest BCUT2D eigenvalue weighted by atomic mass is 9.71. The van der Waals surface area contributed by atoms with Crippen molar-refractivity contribution < 1.29 is 4.79 Å². The van der Waals surface area contributed by atoms with Crippen LogP contribution in [0.15, 0.2) is 12.2 Å². The molecule has 0 aliphatic heterocycles. The summed E-state index contributed by atoms with van der Waals surface area (Å²) >= 11 is 0. The Morgan fingerprint density at radius 3 is 2.21 bits per heavy atom. The van der Waals surface area contributed by atoms with Crippen molar-refractivity contribution >= 4 is 5.78 Å². The van der Waals surface area contributed by atoms with Crippen LogP contribution in [0.5, 0.6) is 0 Å². The summed E-state index contributed by atoms with van der Waals surface area (Å²) in [6, 6.07) is 0. The molecule has 0 N–H and O–H groups in total. The number of allylic oxidation sites excluding steroid dienone is 2. The molecule has 0 amide bonds. The summed E-state index contributed by atoms with van der Waals surface area (Å²) in [6.45, 7) is 9.09. The van der Waals surface area contributed by atoms with Crippen molar-refractivity contribution in [2.45, 2.75) is 40.5 Å². The van der Waals surface area contributed by atoms with Gasteiger partial charge < -0.3 is 0 Å². The number of carbonyl (C=O) groups is 1. The Balaban J connectivity index is 2.69. The molecule has 0 heterocycles. The summed E-state index contributed by atoms with van der Waals surface area (Å²) in [6.07, 6.45) is 5.65. The van der Waals surface area contributed by atoms with Crippen LogP contribution in [0.4, 0.5) is 0 Å². The minimum absolute atomic E-state index is 0.313. The lowest BCUT2D eigenvalue weighted by Gasteiger charge is -2.33. The summed E-state index contributed by atoms with van der Waals surface area (Å²) in [5, 5.41) is 0. The fourth-order valence-corrected chi connectivity index (χ4v) is 2.94. The van der Waals surface area contributed by atoms with E-state index in [1.165, 1.54) is 0 Å². The molecule has 0 fully saturated rings. The highest BCUT2D eigenvalue weighted by Crippen LogP contribution is 2.34. The molecule has 14 heavy (non-hydrogen) atoms. The van der Waals surface area contributed by atoms with Crippen molar-refractivity contribution in [2.24, 2.45) is 23.7 Å². The highest BCUT2D eigenvalue weighted by Gasteiger charge is 2.29. The van der Waals surface area contributed by atoms with Crippen molar-refractivity contribution in [3.05, 3.63) is 12.2 Å². The van der Waals surface area contributed by atoms with Gasteiger partial charge in [0.05, 0.1) is 0 Å². The van der Waals surface area contributed by atoms with Gasteiger partial charge >= 0.3 is 0 Å². The molecule has 1 atom stereocenters. The summed E-state index contributed by atoms with van der Waals surface area (Å²) < 4.78 is 0. The maximum atomic E-state index is 11.3. The van der Waals surface area contributed by atoms with E-state index >= 15 is 0 Å². The molecule has 0 saturated heterocycles. The lowest BCUT2D eigenvalue weighted by molar-refractivity contribution is -0.116. The zero-order valence-corrected chi connectivity index (χ0v) is 9.79. The Labute approximate surface area is 87.6 Å². The molecule has 0 saturated carbocycles. The smallest absolute Gasteiger partial charge is 0.155 e. The number of rotatable bonds is 3. The van der Waals surface area contributed by atoms with Gasteiger partial charge in [0.1, 0.15) is 0 Å². The Morgan fingerprint density at radius 2 is 1.79 bits per heavy atom. The van der Waals surface area contributed by atoms with Crippen molar-refractivity contribution in [1.82, 2.24) is 0 Å². The van der Waals surface area contributed by atoms with E-state index in [9.17, 15) is 4.79 Å². The molecule has 1 nitrogen and oxygen atoms in total. The van der Waals surface area contributed by atoms with Crippen LogP contribution in [0.25, 0.3) is 0 Å². The van der Waals surface area contributed by atoms with Crippen LogP contribution < -0.4 is 0 Å². The average Bonchev–Trinajstić information content (AvgIpc) is 2.02. The van der Waals surface area contributed by atoms with Crippen LogP contribution in [0.2, 0.25) is 0 Å². The van der Waals surface area contributed by atoms with E-state index in [0.29, 0.717) is 29.5 Å². The Morgan fingerprint density at radius 1 is 1.21 bits per heavy atom. The maximum Gasteiger partial charge on any atom is 0.155 e. The predicted octanol–water partition coefficient (Wildman–Crippen LogP) is 3.45. The van der Waals surface area contributed by atoms with Crippen LogP contribution in [0.3, 0.4) is 0 Å². The van der Waals surface area contributed by atoms with Crippen LogP contribution in [0.1, 0.15) is 40.5 Å². The van der Waals surface area contributed by atoms with E-state index in [0.717, 1.165) is 12.8 Å². The van der Waals surface area contributed by atoms with Crippen LogP contribution in [0, 0.1) is 23.7 Å². The van der Waals surface area contributed by atoms with Gasteiger partial charge in [-0.05, 0) is 36.2 Å². The van der Waals surface area contributed by atoms with Crippen molar-refractivity contribution in [2.75, 3.05) is 0 Å². The first-order chi connectivity index (χ1) is 6.52. The van der Waals surface area contributed by atoms with E-state index in [4.69, 9.17) is 0 Å². The number of carbonyl (C=O) groups excluding carboxylic acids is 1. The molecule has 80 valence electrons. The SMILES string of the molecule is CC(C)C(C(C)C)C1CC=CC(=O)C1. The Bertz CT molecular complexity index is 217. The lowest BCUT2D eigenvalue weighted by Crippen LogP contribution is -2.28. The summed E-state index contributed by atoms with van der Waals surface area (Å²) in [5.41, 5.74) is 0. The topological polar surface area (TPSA) is 17.1 Å². The second kappa shape index (κ2) is 4.77. The molecule has 1 aliphatic carbocycles. The fourth-order valence-electron chi connectivity index (χ4n) is 2.94. The third-order valence-corrected chi connectivity index (χ3v) is 3.29. The molecule has 0 radical (unpaired) electrons. The minimum Gasteiger partial charge on any atom is -0.295 e. The van der Waals surface area contributed by atoms with Gasteiger partial charge in [0.2, 0.25) is 0 Å². The van der Waals surface area contributed by atoms with Gasteiger partial charge in [-0.2, -0.15) is 0 Å². The van der Waals surface area contributed by atoms with Gasteiger partial charge in [-0.3, -0.25) is 4.79 Å². The quantitative estimate of drug-likeness (QED) is 0.672. The molecular weight excluding hydrogens is 172 g/mol. The first-order valence-electron chi connectivity index (χ1n) is 5.71. The Hall–Kier alpha value is -0.590. The molecule has 0 spiro atoms. The number of hydrogen-bond donors (Lipinski definition) is 0. The molecule has 0 aromatic rings. The number of hydrogen-bond acceptors (Lipinski definition) is 1. The van der Waals surface area contributed by atoms with Gasteiger partial charge in [-0.25, -0.2) is 0 Å². The minimum atomic E-state index is 0.313. The maximum absolute atomic E-state index is 11.3. The van der Waals surface area contributed by atoms with E-state index in [2.05, 4.69) is 27.7 Å². The molecule has 0 aromatic heterocycles. The zero-order chi connectivity index (χ0) is 10.7. The van der Waals surface area contributed by atoms with Crippen LogP contribution in [-0.4, -0.2) is 5.78 Å². The number of ketones is 1. The highest BCUT2D eigenvalue weighted by molar-refractivity contribution is 5.90. The Kier molecular flexibility index (Phi) is 3.91.